The van der Waals surface area contributed by atoms with Crippen LogP contribution in [0.2, 0.25) is 0 Å². The van der Waals surface area contributed by atoms with E-state index in [1.54, 1.807) is 6.26 Å². The van der Waals surface area contributed by atoms with Crippen LogP contribution in [0, 0.1) is 0 Å². The number of hydrogen-bond acceptors (Lipinski definition) is 4. The SMILES string of the molecule is CC1CN(c2ccc(NC(=S)NCc3ccco3)cc2)CC(C)O1. The summed E-state index contributed by atoms with van der Waals surface area (Å²) in [5.41, 5.74) is 2.17. The molecule has 0 amide bonds. The van der Waals surface area contributed by atoms with E-state index in [1.807, 2.05) is 24.3 Å². The minimum atomic E-state index is 0.255. The van der Waals surface area contributed by atoms with E-state index in [0.717, 1.165) is 24.5 Å². The van der Waals surface area contributed by atoms with Crippen LogP contribution < -0.4 is 15.5 Å². The number of ether oxygens (including phenoxy) is 1. The molecule has 2 atom stereocenters. The highest BCUT2D eigenvalue weighted by Crippen LogP contribution is 2.22. The summed E-state index contributed by atoms with van der Waals surface area (Å²) in [5.74, 6) is 0.852. The molecule has 0 saturated carbocycles. The van der Waals surface area contributed by atoms with Gasteiger partial charge in [0.2, 0.25) is 0 Å². The molecule has 24 heavy (non-hydrogen) atoms. The Morgan fingerprint density at radius 3 is 2.50 bits per heavy atom. The maximum absolute atomic E-state index is 5.78. The Bertz CT molecular complexity index is 647. The van der Waals surface area contributed by atoms with Crippen LogP contribution in [0.4, 0.5) is 11.4 Å². The molecule has 1 aliphatic heterocycles. The van der Waals surface area contributed by atoms with Gasteiger partial charge in [0.05, 0.1) is 25.0 Å². The molecule has 1 saturated heterocycles. The van der Waals surface area contributed by atoms with E-state index >= 15 is 0 Å². The molecule has 1 aromatic heterocycles. The van der Waals surface area contributed by atoms with Crippen molar-refractivity contribution < 1.29 is 9.15 Å². The molecule has 1 aromatic carbocycles. The van der Waals surface area contributed by atoms with Crippen LogP contribution in [-0.2, 0) is 11.3 Å². The van der Waals surface area contributed by atoms with E-state index < -0.39 is 0 Å². The monoisotopic (exact) mass is 345 g/mol. The minimum absolute atomic E-state index is 0.255. The summed E-state index contributed by atoms with van der Waals surface area (Å²) in [6.07, 6.45) is 2.16. The summed E-state index contributed by atoms with van der Waals surface area (Å²) in [5, 5.41) is 6.89. The molecule has 3 rings (SSSR count). The average Bonchev–Trinajstić information content (AvgIpc) is 3.06. The lowest BCUT2D eigenvalue weighted by molar-refractivity contribution is -0.00521. The second-order valence-corrected chi connectivity index (χ2v) is 6.50. The van der Waals surface area contributed by atoms with Crippen LogP contribution in [0.5, 0.6) is 0 Å². The van der Waals surface area contributed by atoms with Gasteiger partial charge in [0.25, 0.3) is 0 Å². The van der Waals surface area contributed by atoms with Crippen LogP contribution in [-0.4, -0.2) is 30.4 Å². The summed E-state index contributed by atoms with van der Waals surface area (Å²) in [6, 6.07) is 12.1. The molecular weight excluding hydrogens is 322 g/mol. The fourth-order valence-electron chi connectivity index (χ4n) is 2.90. The molecule has 0 bridgehead atoms. The number of nitrogens with one attached hydrogen (secondary N) is 2. The Hall–Kier alpha value is -2.05. The highest BCUT2D eigenvalue weighted by Gasteiger charge is 2.22. The Kier molecular flexibility index (Phi) is 5.37. The quantitative estimate of drug-likeness (QED) is 0.829. The third kappa shape index (κ3) is 4.49. The highest BCUT2D eigenvalue weighted by molar-refractivity contribution is 7.80. The van der Waals surface area contributed by atoms with Gasteiger partial charge in [-0.1, -0.05) is 0 Å². The van der Waals surface area contributed by atoms with Gasteiger partial charge in [0.1, 0.15) is 5.76 Å². The van der Waals surface area contributed by atoms with Gasteiger partial charge in [0, 0.05) is 24.5 Å². The molecule has 5 nitrogen and oxygen atoms in total. The molecule has 2 aromatic rings. The Labute approximate surface area is 148 Å². The van der Waals surface area contributed by atoms with Gasteiger partial charge >= 0.3 is 0 Å². The smallest absolute Gasteiger partial charge is 0.171 e. The normalized spacial score (nSPS) is 20.7. The summed E-state index contributed by atoms with van der Waals surface area (Å²) < 4.78 is 11.1. The lowest BCUT2D eigenvalue weighted by Gasteiger charge is -2.36. The van der Waals surface area contributed by atoms with Crippen molar-refractivity contribution in [2.75, 3.05) is 23.3 Å². The molecule has 2 heterocycles. The van der Waals surface area contributed by atoms with Gasteiger partial charge in [-0.3, -0.25) is 0 Å². The van der Waals surface area contributed by atoms with Crippen LogP contribution in [0.15, 0.2) is 47.1 Å². The largest absolute Gasteiger partial charge is 0.467 e. The zero-order valence-electron chi connectivity index (χ0n) is 14.0. The van der Waals surface area contributed by atoms with Crippen molar-refractivity contribution in [1.82, 2.24) is 5.32 Å². The molecular formula is C18H23N3O2S. The average molecular weight is 345 g/mol. The first-order valence-corrected chi connectivity index (χ1v) is 8.58. The molecule has 6 heteroatoms. The Morgan fingerprint density at radius 2 is 1.88 bits per heavy atom. The van der Waals surface area contributed by atoms with Crippen LogP contribution >= 0.6 is 12.2 Å². The minimum Gasteiger partial charge on any atom is -0.467 e. The van der Waals surface area contributed by atoms with Crippen LogP contribution in [0.1, 0.15) is 19.6 Å². The van der Waals surface area contributed by atoms with E-state index in [4.69, 9.17) is 21.4 Å². The van der Waals surface area contributed by atoms with E-state index in [-0.39, 0.29) is 12.2 Å². The number of hydrogen-bond donors (Lipinski definition) is 2. The fraction of sp³-hybridized carbons (Fsp3) is 0.389. The Balaban J connectivity index is 1.53. The lowest BCUT2D eigenvalue weighted by Crippen LogP contribution is -2.45. The van der Waals surface area contributed by atoms with E-state index in [0.29, 0.717) is 11.7 Å². The van der Waals surface area contributed by atoms with Gasteiger partial charge in [-0.25, -0.2) is 0 Å². The number of anilines is 2. The van der Waals surface area contributed by atoms with Crippen molar-refractivity contribution in [3.63, 3.8) is 0 Å². The van der Waals surface area contributed by atoms with Gasteiger partial charge < -0.3 is 24.7 Å². The van der Waals surface area contributed by atoms with E-state index in [2.05, 4.69) is 41.5 Å². The maximum atomic E-state index is 5.78. The van der Waals surface area contributed by atoms with Crippen molar-refractivity contribution in [2.45, 2.75) is 32.6 Å². The van der Waals surface area contributed by atoms with Gasteiger partial charge in [0.15, 0.2) is 5.11 Å². The van der Waals surface area contributed by atoms with Crippen molar-refractivity contribution in [2.24, 2.45) is 0 Å². The standard InChI is InChI=1S/C18H23N3O2S/c1-13-11-21(12-14(2)23-13)16-7-5-15(6-8-16)20-18(24)19-10-17-4-3-9-22-17/h3-9,13-14H,10-12H2,1-2H3,(H2,19,20,24). The predicted octanol–water partition coefficient (Wildman–Crippen LogP) is 3.38. The topological polar surface area (TPSA) is 49.7 Å². The first-order chi connectivity index (χ1) is 11.6. The van der Waals surface area contributed by atoms with Crippen molar-refractivity contribution in [3.05, 3.63) is 48.4 Å². The highest BCUT2D eigenvalue weighted by atomic mass is 32.1. The lowest BCUT2D eigenvalue weighted by atomic mass is 10.2. The molecule has 0 radical (unpaired) electrons. The van der Waals surface area contributed by atoms with Crippen molar-refractivity contribution in [1.29, 1.82) is 0 Å². The molecule has 2 N–H and O–H groups in total. The second kappa shape index (κ2) is 7.68. The number of thiocarbonyl (C=S) groups is 1. The van der Waals surface area contributed by atoms with E-state index in [1.165, 1.54) is 5.69 Å². The third-order valence-electron chi connectivity index (χ3n) is 3.91. The second-order valence-electron chi connectivity index (χ2n) is 6.10. The van der Waals surface area contributed by atoms with Gasteiger partial charge in [-0.15, -0.1) is 0 Å². The van der Waals surface area contributed by atoms with Crippen molar-refractivity contribution >= 4 is 28.7 Å². The fourth-order valence-corrected chi connectivity index (χ4v) is 3.09. The van der Waals surface area contributed by atoms with E-state index in [9.17, 15) is 0 Å². The first-order valence-electron chi connectivity index (χ1n) is 8.18. The number of furan rings is 1. The number of benzene rings is 1. The number of morpholine rings is 1. The zero-order chi connectivity index (χ0) is 16.9. The molecule has 0 aliphatic carbocycles. The van der Waals surface area contributed by atoms with Crippen molar-refractivity contribution in [3.8, 4) is 0 Å². The van der Waals surface area contributed by atoms with Gasteiger partial charge in [-0.05, 0) is 62.5 Å². The summed E-state index contributed by atoms with van der Waals surface area (Å²) in [7, 11) is 0. The molecule has 2 unspecified atom stereocenters. The molecule has 1 aliphatic rings. The maximum Gasteiger partial charge on any atom is 0.171 e. The number of nitrogens with zero attached hydrogens (tertiary/aromatic N) is 1. The van der Waals surface area contributed by atoms with Gasteiger partial charge in [-0.2, -0.15) is 0 Å². The summed E-state index contributed by atoms with van der Waals surface area (Å²) in [6.45, 7) is 6.63. The molecule has 1 fully saturated rings. The first kappa shape index (κ1) is 16.8. The number of rotatable bonds is 4. The van der Waals surface area contributed by atoms with Crippen LogP contribution in [0.25, 0.3) is 0 Å². The third-order valence-corrected chi connectivity index (χ3v) is 4.16. The Morgan fingerprint density at radius 1 is 1.17 bits per heavy atom. The summed E-state index contributed by atoms with van der Waals surface area (Å²) >= 11 is 5.31. The predicted molar refractivity (Wildman–Crippen MR) is 100 cm³/mol. The molecule has 128 valence electrons. The van der Waals surface area contributed by atoms with Crippen LogP contribution in [0.3, 0.4) is 0 Å². The zero-order valence-corrected chi connectivity index (χ0v) is 14.8. The molecule has 0 spiro atoms. The summed E-state index contributed by atoms with van der Waals surface area (Å²) in [4.78, 5) is 2.36.